The number of aromatic carboxylic acids is 1. The molecule has 0 aliphatic rings. The zero-order valence-corrected chi connectivity index (χ0v) is 13.8. The van der Waals surface area contributed by atoms with E-state index < -0.39 is 15.8 Å². The van der Waals surface area contributed by atoms with Crippen molar-refractivity contribution < 1.29 is 23.1 Å². The molecule has 3 rings (SSSR count). The second kappa shape index (κ2) is 6.78. The first-order valence-corrected chi connectivity index (χ1v) is 8.88. The van der Waals surface area contributed by atoms with Gasteiger partial charge in [-0.25, -0.2) is 13.2 Å². The summed E-state index contributed by atoms with van der Waals surface area (Å²) < 4.78 is 31.7. The third kappa shape index (κ3) is 3.39. The number of benzene rings is 3. The maximum atomic E-state index is 13.0. The molecule has 0 unspecified atom stereocenters. The van der Waals surface area contributed by atoms with E-state index in [9.17, 15) is 18.3 Å². The third-order valence-electron chi connectivity index (χ3n) is 3.50. The lowest BCUT2D eigenvalue weighted by atomic mass is 10.2. The van der Waals surface area contributed by atoms with Gasteiger partial charge in [-0.05, 0) is 36.4 Å². The second-order valence-electron chi connectivity index (χ2n) is 5.17. The lowest BCUT2D eigenvalue weighted by molar-refractivity contribution is 0.0692. The minimum atomic E-state index is -4.07. The lowest BCUT2D eigenvalue weighted by Crippen LogP contribution is -2.11. The van der Waals surface area contributed by atoms with Crippen LogP contribution in [0.3, 0.4) is 0 Å². The lowest BCUT2D eigenvalue weighted by Gasteiger charge is -2.14. The standard InChI is InChI=1S/C19H14O5S/c20-19(21)16-12-7-13-17(24-14-8-3-1-4-9-14)18(16)25(22,23)15-10-5-2-6-11-15/h1-13H,(H,20,21). The van der Waals surface area contributed by atoms with Gasteiger partial charge in [-0.15, -0.1) is 0 Å². The number of carbonyl (C=O) groups is 1. The van der Waals surface area contributed by atoms with E-state index in [4.69, 9.17) is 4.74 Å². The number of ether oxygens (including phenoxy) is 1. The van der Waals surface area contributed by atoms with Crippen LogP contribution in [0.15, 0.2) is 88.7 Å². The van der Waals surface area contributed by atoms with Crippen LogP contribution in [0.25, 0.3) is 0 Å². The summed E-state index contributed by atoms with van der Waals surface area (Å²) in [5.74, 6) is -0.961. The number of sulfone groups is 1. The Bertz CT molecular complexity index is 996. The van der Waals surface area contributed by atoms with Crippen LogP contribution < -0.4 is 4.74 Å². The molecule has 0 bridgehead atoms. The maximum absolute atomic E-state index is 13.0. The van der Waals surface area contributed by atoms with Gasteiger partial charge in [0.2, 0.25) is 9.84 Å². The molecule has 5 nitrogen and oxygen atoms in total. The van der Waals surface area contributed by atoms with Crippen molar-refractivity contribution in [3.8, 4) is 11.5 Å². The molecule has 0 heterocycles. The molecule has 0 aromatic heterocycles. The third-order valence-corrected chi connectivity index (χ3v) is 5.35. The van der Waals surface area contributed by atoms with Crippen LogP contribution in [0.4, 0.5) is 0 Å². The maximum Gasteiger partial charge on any atom is 0.337 e. The molecule has 0 saturated heterocycles. The Kier molecular flexibility index (Phi) is 4.54. The van der Waals surface area contributed by atoms with E-state index in [1.165, 1.54) is 30.3 Å². The van der Waals surface area contributed by atoms with Crippen LogP contribution in [-0.2, 0) is 9.84 Å². The SMILES string of the molecule is O=C(O)c1cccc(Oc2ccccc2)c1S(=O)(=O)c1ccccc1. The highest BCUT2D eigenvalue weighted by Crippen LogP contribution is 2.35. The molecule has 126 valence electrons. The zero-order valence-electron chi connectivity index (χ0n) is 13.0. The minimum Gasteiger partial charge on any atom is -0.478 e. The molecule has 0 saturated carbocycles. The average Bonchev–Trinajstić information content (AvgIpc) is 2.63. The summed E-state index contributed by atoms with van der Waals surface area (Å²) in [6.45, 7) is 0. The molecular formula is C19H14O5S. The van der Waals surface area contributed by atoms with Crippen molar-refractivity contribution in [2.24, 2.45) is 0 Å². The van der Waals surface area contributed by atoms with Gasteiger partial charge >= 0.3 is 5.97 Å². The Hall–Kier alpha value is -3.12. The number of hydrogen-bond donors (Lipinski definition) is 1. The fraction of sp³-hybridized carbons (Fsp3) is 0. The first-order valence-electron chi connectivity index (χ1n) is 7.39. The molecule has 3 aromatic carbocycles. The van der Waals surface area contributed by atoms with Crippen molar-refractivity contribution in [2.75, 3.05) is 0 Å². The molecule has 6 heteroatoms. The van der Waals surface area contributed by atoms with Crippen LogP contribution in [-0.4, -0.2) is 19.5 Å². The fourth-order valence-corrected chi connectivity index (χ4v) is 3.95. The highest BCUT2D eigenvalue weighted by atomic mass is 32.2. The molecule has 0 aliphatic carbocycles. The van der Waals surface area contributed by atoms with Gasteiger partial charge in [0.15, 0.2) is 0 Å². The van der Waals surface area contributed by atoms with E-state index in [1.54, 1.807) is 48.5 Å². The Balaban J connectivity index is 2.21. The number of carboxylic acids is 1. The number of rotatable bonds is 5. The van der Waals surface area contributed by atoms with Crippen LogP contribution in [0.2, 0.25) is 0 Å². The van der Waals surface area contributed by atoms with Gasteiger partial charge in [0.05, 0.1) is 10.5 Å². The molecule has 3 aromatic rings. The van der Waals surface area contributed by atoms with Gasteiger partial charge < -0.3 is 9.84 Å². The predicted molar refractivity (Wildman–Crippen MR) is 91.8 cm³/mol. The van der Waals surface area contributed by atoms with Crippen molar-refractivity contribution in [1.82, 2.24) is 0 Å². The summed E-state index contributed by atoms with van der Waals surface area (Å²) in [4.78, 5) is 11.2. The van der Waals surface area contributed by atoms with Crippen molar-refractivity contribution in [3.05, 3.63) is 84.4 Å². The Morgan fingerprint density at radius 2 is 1.40 bits per heavy atom. The van der Waals surface area contributed by atoms with Gasteiger partial charge in [-0.3, -0.25) is 0 Å². The first kappa shape index (κ1) is 16.7. The summed E-state index contributed by atoms with van der Waals surface area (Å²) in [5.41, 5.74) is -0.336. The highest BCUT2D eigenvalue weighted by molar-refractivity contribution is 7.91. The fourth-order valence-electron chi connectivity index (χ4n) is 2.37. The van der Waals surface area contributed by atoms with Crippen molar-refractivity contribution in [2.45, 2.75) is 9.79 Å². The van der Waals surface area contributed by atoms with Crippen molar-refractivity contribution in [3.63, 3.8) is 0 Å². The summed E-state index contributed by atoms with van der Waals surface area (Å²) in [7, 11) is -4.07. The number of carboxylic acid groups (broad SMARTS) is 1. The van der Waals surface area contributed by atoms with E-state index in [2.05, 4.69) is 0 Å². The molecular weight excluding hydrogens is 340 g/mol. The summed E-state index contributed by atoms with van der Waals surface area (Å²) >= 11 is 0. The molecule has 0 fully saturated rings. The van der Waals surface area contributed by atoms with Gasteiger partial charge in [0.1, 0.15) is 16.4 Å². The predicted octanol–water partition coefficient (Wildman–Crippen LogP) is 4.01. The van der Waals surface area contributed by atoms with Gasteiger partial charge in [0.25, 0.3) is 0 Å². The number of hydrogen-bond acceptors (Lipinski definition) is 4. The molecule has 1 N–H and O–H groups in total. The Labute approximate surface area is 145 Å². The van der Waals surface area contributed by atoms with Gasteiger partial charge in [0, 0.05) is 0 Å². The Morgan fingerprint density at radius 1 is 0.800 bits per heavy atom. The van der Waals surface area contributed by atoms with Gasteiger partial charge in [-0.1, -0.05) is 42.5 Å². The van der Waals surface area contributed by atoms with E-state index in [-0.39, 0.29) is 21.1 Å². The van der Waals surface area contributed by atoms with Gasteiger partial charge in [-0.2, -0.15) is 0 Å². The Morgan fingerprint density at radius 3 is 2.00 bits per heavy atom. The monoisotopic (exact) mass is 354 g/mol. The molecule has 0 aliphatic heterocycles. The quantitative estimate of drug-likeness (QED) is 0.749. The highest BCUT2D eigenvalue weighted by Gasteiger charge is 2.29. The zero-order chi connectivity index (χ0) is 17.9. The summed E-state index contributed by atoms with van der Waals surface area (Å²) in [6.07, 6.45) is 0. The molecule has 0 atom stereocenters. The van der Waals surface area contributed by atoms with Crippen LogP contribution in [0.5, 0.6) is 11.5 Å². The normalized spacial score (nSPS) is 11.0. The largest absolute Gasteiger partial charge is 0.478 e. The van der Waals surface area contributed by atoms with Crippen LogP contribution >= 0.6 is 0 Å². The smallest absolute Gasteiger partial charge is 0.337 e. The van der Waals surface area contributed by atoms with Crippen LogP contribution in [0, 0.1) is 0 Å². The average molecular weight is 354 g/mol. The molecule has 25 heavy (non-hydrogen) atoms. The van der Waals surface area contributed by atoms with E-state index in [1.807, 2.05) is 0 Å². The first-order chi connectivity index (χ1) is 12.0. The number of para-hydroxylation sites is 1. The second-order valence-corrected chi connectivity index (χ2v) is 7.06. The van der Waals surface area contributed by atoms with E-state index in [0.717, 1.165) is 0 Å². The van der Waals surface area contributed by atoms with Crippen molar-refractivity contribution in [1.29, 1.82) is 0 Å². The summed E-state index contributed by atoms with van der Waals surface area (Å²) in [5, 5.41) is 9.45. The summed E-state index contributed by atoms with van der Waals surface area (Å²) in [6, 6.07) is 20.4. The van der Waals surface area contributed by atoms with E-state index in [0.29, 0.717) is 5.75 Å². The topological polar surface area (TPSA) is 80.7 Å². The molecule has 0 spiro atoms. The van der Waals surface area contributed by atoms with E-state index >= 15 is 0 Å². The van der Waals surface area contributed by atoms with Crippen LogP contribution in [0.1, 0.15) is 10.4 Å². The molecule has 0 radical (unpaired) electrons. The minimum absolute atomic E-state index is 0.00149. The van der Waals surface area contributed by atoms with Crippen molar-refractivity contribution >= 4 is 15.8 Å². The molecule has 0 amide bonds.